The van der Waals surface area contributed by atoms with Gasteiger partial charge in [-0.05, 0) is 6.42 Å². The second kappa shape index (κ2) is 16.9. The van der Waals surface area contributed by atoms with Crippen LogP contribution in [0.2, 0.25) is 0 Å². The van der Waals surface area contributed by atoms with E-state index in [0.717, 1.165) is 6.42 Å². The molecule has 2 radical (unpaired) electrons. The number of aliphatic hydroxyl groups is 1. The Hall–Kier alpha value is 1.61. The predicted octanol–water partition coefficient (Wildman–Crippen LogP) is -1.07. The van der Waals surface area contributed by atoms with Crippen LogP contribution in [-0.2, 0) is 7.48 Å². The van der Waals surface area contributed by atoms with Gasteiger partial charge in [-0.2, -0.15) is 0 Å². The molecule has 0 amide bonds. The van der Waals surface area contributed by atoms with Crippen LogP contribution in [-0.4, -0.2) is 81.0 Å². The summed E-state index contributed by atoms with van der Waals surface area (Å²) in [6.07, 6.45) is 1.28. The number of rotatable bonds is 3. The van der Waals surface area contributed by atoms with Crippen molar-refractivity contribution in [3.63, 3.8) is 0 Å². The van der Waals surface area contributed by atoms with Crippen LogP contribution in [0.5, 0.6) is 0 Å². The van der Waals surface area contributed by atoms with Crippen molar-refractivity contribution in [3.8, 4) is 0 Å². The van der Waals surface area contributed by atoms with Crippen molar-refractivity contribution in [3.05, 3.63) is 0 Å². The molecule has 1 N–H and O–H groups in total. The summed E-state index contributed by atoms with van der Waals surface area (Å²) in [5.41, 5.74) is 0. The van der Waals surface area contributed by atoms with E-state index < -0.39 is 6.10 Å². The summed E-state index contributed by atoms with van der Waals surface area (Å²) >= 11 is 0.0556. The Bertz CT molecular complexity index is 71.9. The minimum atomic E-state index is -0.731. The van der Waals surface area contributed by atoms with Crippen molar-refractivity contribution in [1.29, 1.82) is 0 Å². The van der Waals surface area contributed by atoms with E-state index in [-0.39, 0.29) is 63.5 Å². The van der Waals surface area contributed by atoms with Crippen molar-refractivity contribution in [2.75, 3.05) is 0 Å². The Balaban J connectivity index is -0.000000149. The third kappa shape index (κ3) is 16.3. The third-order valence-corrected chi connectivity index (χ3v) is 0.742. The summed E-state index contributed by atoms with van der Waals surface area (Å²) in [5.74, 6) is 0. The van der Waals surface area contributed by atoms with Gasteiger partial charge in [-0.3, -0.25) is 0 Å². The first kappa shape index (κ1) is 17.6. The number of aliphatic hydroxyl groups excluding tert-OH is 1. The zero-order valence-corrected chi connectivity index (χ0v) is 9.22. The first-order valence-electron chi connectivity index (χ1n) is 2.65. The van der Waals surface area contributed by atoms with Gasteiger partial charge in [-0.1, -0.05) is 13.3 Å². The number of hydrogen-bond acceptors (Lipinski definition) is 3. The summed E-state index contributed by atoms with van der Waals surface area (Å²) in [6, 6.07) is 0. The Morgan fingerprint density at radius 3 is 2.10 bits per heavy atom. The molecule has 56 valence electrons. The Morgan fingerprint density at radius 1 is 1.60 bits per heavy atom. The Kier molecular flexibility index (Phi) is 29.8. The van der Waals surface area contributed by atoms with Gasteiger partial charge in [0.15, 0.2) is 0 Å². The summed E-state index contributed by atoms with van der Waals surface area (Å²) in [6.45, 7) is 1.92. The van der Waals surface area contributed by atoms with Crippen LogP contribution in [0.15, 0.2) is 0 Å². The topological polar surface area (TPSA) is 54.4 Å². The molecule has 0 saturated heterocycles. The zero-order chi connectivity index (χ0) is 7.70. The van der Waals surface area contributed by atoms with Crippen molar-refractivity contribution in [2.24, 2.45) is 0 Å². The fourth-order valence-corrected chi connectivity index (χ4v) is 0.364. The SMILES string of the molecule is CCCC(O)C=O.[CaH2].[O]=[Pb]. The second-order valence-corrected chi connectivity index (χ2v) is 1.49. The molecule has 0 aromatic carbocycles. The van der Waals surface area contributed by atoms with Crippen molar-refractivity contribution >= 4 is 69.8 Å². The molecule has 0 aliphatic carbocycles. The molecule has 0 aliphatic rings. The standard InChI is InChI=1S/C5H10O2.Ca.O.Pb.2H/c1-2-3-5(7)4-6;;;;;/h4-5,7H,2-3H2,1H3;;;;;. The normalized spacial score (nSPS) is 9.80. The average molecular weight is 367 g/mol. The monoisotopic (exact) mass is 368 g/mol. The number of carbonyl (C=O) groups is 1. The molecule has 3 nitrogen and oxygen atoms in total. The van der Waals surface area contributed by atoms with Crippen LogP contribution >= 0.6 is 0 Å². The van der Waals surface area contributed by atoms with E-state index >= 15 is 0 Å². The first-order valence-corrected chi connectivity index (χ1v) is 4.23. The van der Waals surface area contributed by atoms with E-state index in [1.807, 2.05) is 6.92 Å². The van der Waals surface area contributed by atoms with Crippen LogP contribution in [0.4, 0.5) is 0 Å². The average Bonchev–Trinajstić information content (AvgIpc) is 1.93. The van der Waals surface area contributed by atoms with Crippen LogP contribution in [0.3, 0.4) is 0 Å². The van der Waals surface area contributed by atoms with Gasteiger partial charge in [-0.25, -0.2) is 0 Å². The Morgan fingerprint density at radius 2 is 2.00 bits per heavy atom. The quantitative estimate of drug-likeness (QED) is 0.511. The molecule has 0 saturated carbocycles. The van der Waals surface area contributed by atoms with Crippen molar-refractivity contribution in [1.82, 2.24) is 0 Å². The van der Waals surface area contributed by atoms with Crippen LogP contribution in [0, 0.1) is 0 Å². The number of hydrogen-bond donors (Lipinski definition) is 1. The third-order valence-electron chi connectivity index (χ3n) is 0.742. The predicted molar refractivity (Wildman–Crippen MR) is 42.0 cm³/mol. The maximum atomic E-state index is 9.64. The number of carbonyl (C=O) groups excluding carboxylic acids is 1. The van der Waals surface area contributed by atoms with Crippen LogP contribution in [0.1, 0.15) is 19.8 Å². The molecule has 1 atom stereocenters. The molecular weight excluding hydrogens is 355 g/mol. The molecule has 5 heteroatoms. The van der Waals surface area contributed by atoms with Gasteiger partial charge in [0, 0.05) is 0 Å². The van der Waals surface area contributed by atoms with Gasteiger partial charge in [0.05, 0.1) is 0 Å². The van der Waals surface area contributed by atoms with Crippen LogP contribution in [0.25, 0.3) is 0 Å². The van der Waals surface area contributed by atoms with Gasteiger partial charge in [0.2, 0.25) is 0 Å². The minimum absolute atomic E-state index is 0. The fourth-order valence-electron chi connectivity index (χ4n) is 0.364. The fraction of sp³-hybridized carbons (Fsp3) is 0.800. The Labute approximate surface area is 107 Å². The molecule has 1 unspecified atom stereocenters. The van der Waals surface area contributed by atoms with Crippen molar-refractivity contribution in [2.45, 2.75) is 25.9 Å². The van der Waals surface area contributed by atoms with Gasteiger partial charge in [0.1, 0.15) is 12.4 Å². The van der Waals surface area contributed by atoms with Gasteiger partial charge in [0.25, 0.3) is 0 Å². The van der Waals surface area contributed by atoms with E-state index in [2.05, 4.69) is 0 Å². The van der Waals surface area contributed by atoms with E-state index in [9.17, 15) is 4.79 Å². The summed E-state index contributed by atoms with van der Waals surface area (Å²) in [7, 11) is 0. The molecule has 10 heavy (non-hydrogen) atoms. The molecule has 0 rings (SSSR count). The second-order valence-electron chi connectivity index (χ2n) is 1.49. The zero-order valence-electron chi connectivity index (χ0n) is 5.33. The number of aldehydes is 1. The van der Waals surface area contributed by atoms with E-state index in [0.29, 0.717) is 12.7 Å². The summed E-state index contributed by atoms with van der Waals surface area (Å²) in [5, 5.41) is 8.49. The van der Waals surface area contributed by atoms with E-state index in [1.54, 1.807) is 0 Å². The molecule has 0 spiro atoms. The first-order chi connectivity index (χ1) is 4.31. The molecule has 0 aliphatic heterocycles. The molecule has 0 fully saturated rings. The molecular formula is C5H12CaO3Pb. The van der Waals surface area contributed by atoms with Crippen LogP contribution < -0.4 is 0 Å². The molecule has 0 heterocycles. The maximum absolute atomic E-state index is 9.64. The van der Waals surface area contributed by atoms with E-state index in [4.69, 9.17) is 7.79 Å². The summed E-state index contributed by atoms with van der Waals surface area (Å²) < 4.78 is 8.39. The van der Waals surface area contributed by atoms with Gasteiger partial charge >= 0.3 is 66.2 Å². The van der Waals surface area contributed by atoms with Gasteiger partial charge in [-0.15, -0.1) is 0 Å². The van der Waals surface area contributed by atoms with E-state index in [1.165, 1.54) is 0 Å². The summed E-state index contributed by atoms with van der Waals surface area (Å²) in [4.78, 5) is 9.64. The molecule has 0 aromatic heterocycles. The molecule has 0 bridgehead atoms. The van der Waals surface area contributed by atoms with Crippen molar-refractivity contribution < 1.29 is 12.6 Å². The molecule has 0 aromatic rings. The van der Waals surface area contributed by atoms with Gasteiger partial charge < -0.3 is 9.90 Å².